The van der Waals surface area contributed by atoms with Gasteiger partial charge in [-0.25, -0.2) is 8.42 Å². The maximum atomic E-state index is 12.4. The first-order valence-corrected chi connectivity index (χ1v) is 8.80. The maximum absolute atomic E-state index is 12.4. The summed E-state index contributed by atoms with van der Waals surface area (Å²) in [6.07, 6.45) is 5.69. The lowest BCUT2D eigenvalue weighted by Crippen LogP contribution is -2.38. The summed E-state index contributed by atoms with van der Waals surface area (Å²) < 4.78 is 29.8. The zero-order valence-electron chi connectivity index (χ0n) is 11.9. The molecule has 0 saturated heterocycles. The minimum absolute atomic E-state index is 0.0317. The molecule has 1 saturated carbocycles. The van der Waals surface area contributed by atoms with Gasteiger partial charge in [-0.05, 0) is 43.0 Å². The Bertz CT molecular complexity index is 519. The van der Waals surface area contributed by atoms with Gasteiger partial charge in [-0.1, -0.05) is 19.3 Å². The van der Waals surface area contributed by atoms with Crippen LogP contribution in [0.3, 0.4) is 0 Å². The van der Waals surface area contributed by atoms with Gasteiger partial charge in [0, 0.05) is 6.04 Å². The lowest BCUT2D eigenvalue weighted by molar-refractivity contribution is 0.317. The molecule has 1 fully saturated rings. The number of ether oxygens (including phenoxy) is 1. The van der Waals surface area contributed by atoms with Gasteiger partial charge in [-0.2, -0.15) is 0 Å². The van der Waals surface area contributed by atoms with Gasteiger partial charge in [0.25, 0.3) is 0 Å². The SMILES string of the molecule is COc1ccc(S(=O)(=O)CC(N)C2CCCCC2)cc1. The van der Waals surface area contributed by atoms with E-state index in [0.717, 1.165) is 12.8 Å². The van der Waals surface area contributed by atoms with E-state index >= 15 is 0 Å². The van der Waals surface area contributed by atoms with Crippen LogP contribution in [-0.2, 0) is 9.84 Å². The Labute approximate surface area is 121 Å². The molecule has 1 aliphatic rings. The molecule has 1 aromatic rings. The Hall–Kier alpha value is -1.07. The predicted octanol–water partition coefficient (Wildman–Crippen LogP) is 2.38. The van der Waals surface area contributed by atoms with Crippen molar-refractivity contribution in [1.29, 1.82) is 0 Å². The summed E-state index contributed by atoms with van der Waals surface area (Å²) in [5.74, 6) is 1.03. The molecule has 20 heavy (non-hydrogen) atoms. The van der Waals surface area contributed by atoms with Gasteiger partial charge in [0.05, 0.1) is 17.8 Å². The molecule has 0 aromatic heterocycles. The fraction of sp³-hybridized carbons (Fsp3) is 0.600. The van der Waals surface area contributed by atoms with Crippen molar-refractivity contribution in [3.63, 3.8) is 0 Å². The number of hydrogen-bond donors (Lipinski definition) is 1. The number of benzene rings is 1. The van der Waals surface area contributed by atoms with Crippen molar-refractivity contribution in [2.75, 3.05) is 12.9 Å². The molecule has 0 radical (unpaired) electrons. The topological polar surface area (TPSA) is 69.4 Å². The molecule has 0 spiro atoms. The van der Waals surface area contributed by atoms with Gasteiger partial charge >= 0.3 is 0 Å². The number of methoxy groups -OCH3 is 1. The fourth-order valence-corrected chi connectivity index (χ4v) is 4.35. The standard InChI is InChI=1S/C15H23NO3S/c1-19-13-7-9-14(10-8-13)20(17,18)11-15(16)12-5-3-2-4-6-12/h7-10,12,15H,2-6,11,16H2,1H3. The van der Waals surface area contributed by atoms with Gasteiger partial charge in [0.1, 0.15) is 5.75 Å². The highest BCUT2D eigenvalue weighted by Gasteiger charge is 2.26. The third kappa shape index (κ3) is 3.73. The zero-order chi connectivity index (χ0) is 14.6. The minimum Gasteiger partial charge on any atom is -0.497 e. The number of sulfone groups is 1. The Balaban J connectivity index is 2.05. The van der Waals surface area contributed by atoms with Crippen LogP contribution in [0.4, 0.5) is 0 Å². The molecule has 1 aliphatic carbocycles. The first kappa shape index (κ1) is 15.3. The molecule has 0 amide bonds. The van der Waals surface area contributed by atoms with Crippen LogP contribution in [0, 0.1) is 5.92 Å². The van der Waals surface area contributed by atoms with Crippen LogP contribution in [0.1, 0.15) is 32.1 Å². The Morgan fingerprint density at radius 3 is 2.35 bits per heavy atom. The van der Waals surface area contributed by atoms with E-state index in [4.69, 9.17) is 10.5 Å². The van der Waals surface area contributed by atoms with E-state index in [1.54, 1.807) is 31.4 Å². The molecule has 112 valence electrons. The van der Waals surface area contributed by atoms with E-state index in [-0.39, 0.29) is 11.8 Å². The van der Waals surface area contributed by atoms with E-state index in [9.17, 15) is 8.42 Å². The monoisotopic (exact) mass is 297 g/mol. The summed E-state index contributed by atoms with van der Waals surface area (Å²) in [4.78, 5) is 0.324. The lowest BCUT2D eigenvalue weighted by Gasteiger charge is -2.27. The molecule has 0 aliphatic heterocycles. The fourth-order valence-electron chi connectivity index (χ4n) is 2.83. The molecule has 1 aromatic carbocycles. The van der Waals surface area contributed by atoms with Crippen molar-refractivity contribution in [2.45, 2.75) is 43.0 Å². The highest BCUT2D eigenvalue weighted by atomic mass is 32.2. The van der Waals surface area contributed by atoms with Crippen LogP contribution in [0.2, 0.25) is 0 Å². The third-order valence-electron chi connectivity index (χ3n) is 4.09. The van der Waals surface area contributed by atoms with E-state index < -0.39 is 9.84 Å². The molecule has 0 heterocycles. The van der Waals surface area contributed by atoms with Crippen LogP contribution >= 0.6 is 0 Å². The van der Waals surface area contributed by atoms with E-state index in [2.05, 4.69) is 0 Å². The van der Waals surface area contributed by atoms with E-state index in [1.807, 2.05) is 0 Å². The molecule has 4 nitrogen and oxygen atoms in total. The first-order valence-electron chi connectivity index (χ1n) is 7.15. The Morgan fingerprint density at radius 2 is 1.80 bits per heavy atom. The van der Waals surface area contributed by atoms with Crippen molar-refractivity contribution in [3.8, 4) is 5.75 Å². The smallest absolute Gasteiger partial charge is 0.179 e. The molecule has 2 rings (SSSR count). The maximum Gasteiger partial charge on any atom is 0.179 e. The van der Waals surface area contributed by atoms with Crippen LogP contribution in [-0.4, -0.2) is 27.3 Å². The number of rotatable bonds is 5. The zero-order valence-corrected chi connectivity index (χ0v) is 12.7. The second-order valence-electron chi connectivity index (χ2n) is 5.52. The first-order chi connectivity index (χ1) is 9.53. The predicted molar refractivity (Wildman–Crippen MR) is 79.6 cm³/mol. The van der Waals surface area contributed by atoms with Crippen molar-refractivity contribution in [2.24, 2.45) is 11.7 Å². The minimum atomic E-state index is -3.31. The van der Waals surface area contributed by atoms with E-state index in [1.165, 1.54) is 19.3 Å². The molecule has 5 heteroatoms. The summed E-state index contributed by atoms with van der Waals surface area (Å²) in [6, 6.07) is 6.24. The number of nitrogens with two attached hydrogens (primary N) is 1. The van der Waals surface area contributed by atoms with Gasteiger partial charge in [-0.15, -0.1) is 0 Å². The molecule has 2 N–H and O–H groups in total. The van der Waals surface area contributed by atoms with Crippen LogP contribution in [0.15, 0.2) is 29.2 Å². The third-order valence-corrected chi connectivity index (χ3v) is 5.90. The van der Waals surface area contributed by atoms with Gasteiger partial charge in [0.2, 0.25) is 0 Å². The van der Waals surface area contributed by atoms with Gasteiger partial charge in [0.15, 0.2) is 9.84 Å². The average molecular weight is 297 g/mol. The second kappa shape index (κ2) is 6.59. The Morgan fingerprint density at radius 1 is 1.20 bits per heavy atom. The summed E-state index contributed by atoms with van der Waals surface area (Å²) in [5, 5.41) is 0. The normalized spacial score (nSPS) is 18.7. The van der Waals surface area contributed by atoms with Crippen LogP contribution < -0.4 is 10.5 Å². The summed E-state index contributed by atoms with van der Waals surface area (Å²) in [5.41, 5.74) is 6.12. The number of hydrogen-bond acceptors (Lipinski definition) is 4. The van der Waals surface area contributed by atoms with Crippen molar-refractivity contribution in [1.82, 2.24) is 0 Å². The highest BCUT2D eigenvalue weighted by Crippen LogP contribution is 2.27. The average Bonchev–Trinajstić information content (AvgIpc) is 2.48. The Kier molecular flexibility index (Phi) is 5.05. The largest absolute Gasteiger partial charge is 0.497 e. The molecular formula is C15H23NO3S. The van der Waals surface area contributed by atoms with Crippen LogP contribution in [0.5, 0.6) is 5.75 Å². The summed E-state index contributed by atoms with van der Waals surface area (Å²) in [7, 11) is -1.76. The summed E-state index contributed by atoms with van der Waals surface area (Å²) in [6.45, 7) is 0. The summed E-state index contributed by atoms with van der Waals surface area (Å²) >= 11 is 0. The second-order valence-corrected chi connectivity index (χ2v) is 7.55. The lowest BCUT2D eigenvalue weighted by atomic mass is 9.85. The molecule has 1 atom stereocenters. The van der Waals surface area contributed by atoms with Gasteiger partial charge in [-0.3, -0.25) is 0 Å². The van der Waals surface area contributed by atoms with Crippen LogP contribution in [0.25, 0.3) is 0 Å². The van der Waals surface area contributed by atoms with Crippen molar-refractivity contribution < 1.29 is 13.2 Å². The highest BCUT2D eigenvalue weighted by molar-refractivity contribution is 7.91. The van der Waals surface area contributed by atoms with Crippen molar-refractivity contribution in [3.05, 3.63) is 24.3 Å². The van der Waals surface area contributed by atoms with E-state index in [0.29, 0.717) is 16.6 Å². The quantitative estimate of drug-likeness (QED) is 0.906. The molecule has 0 bridgehead atoms. The van der Waals surface area contributed by atoms with Crippen molar-refractivity contribution >= 4 is 9.84 Å². The molecular weight excluding hydrogens is 274 g/mol. The molecule has 1 unspecified atom stereocenters. The van der Waals surface area contributed by atoms with Gasteiger partial charge < -0.3 is 10.5 Å².